The molecule has 0 heterocycles. The summed E-state index contributed by atoms with van der Waals surface area (Å²) in [6, 6.07) is 11.7. The van der Waals surface area contributed by atoms with Crippen molar-refractivity contribution < 1.29 is 14.8 Å². The summed E-state index contributed by atoms with van der Waals surface area (Å²) >= 11 is 1.16. The number of aliphatic hydroxyl groups excluding tert-OH is 1. The number of nitro benzene ring substituents is 1. The van der Waals surface area contributed by atoms with Crippen LogP contribution in [0.3, 0.4) is 0 Å². The Balaban J connectivity index is 2.28. The Labute approximate surface area is 166 Å². The number of aliphatic hydroxyl groups is 1. The minimum Gasteiger partial charge on any atom is -0.396 e. The summed E-state index contributed by atoms with van der Waals surface area (Å²) in [7, 11) is 0. The van der Waals surface area contributed by atoms with Crippen LogP contribution in [0.2, 0.25) is 0 Å². The lowest BCUT2D eigenvalue weighted by Crippen LogP contribution is -2.13. The van der Waals surface area contributed by atoms with Gasteiger partial charge in [-0.1, -0.05) is 12.1 Å². The fourth-order valence-corrected chi connectivity index (χ4v) is 3.13. The van der Waals surface area contributed by atoms with Gasteiger partial charge in [-0.3, -0.25) is 14.9 Å². The van der Waals surface area contributed by atoms with Crippen LogP contribution in [0, 0.1) is 35.3 Å². The van der Waals surface area contributed by atoms with Crippen molar-refractivity contribution in [2.45, 2.75) is 18.7 Å². The normalized spacial score (nSPS) is 11.0. The average Bonchev–Trinajstić information content (AvgIpc) is 2.67. The molecule has 0 aliphatic heterocycles. The van der Waals surface area contributed by atoms with Gasteiger partial charge in [0.2, 0.25) is 0 Å². The molecule has 0 fully saturated rings. The lowest BCUT2D eigenvalue weighted by molar-refractivity contribution is -0.387. The number of nitrogens with zero attached hydrogens (tertiary/aromatic N) is 2. The maximum absolute atomic E-state index is 12.4. The van der Waals surface area contributed by atoms with Gasteiger partial charge in [-0.25, -0.2) is 0 Å². The molecule has 0 saturated heterocycles. The first-order valence-corrected chi connectivity index (χ1v) is 9.36. The quantitative estimate of drug-likeness (QED) is 0.241. The van der Waals surface area contributed by atoms with Crippen LogP contribution in [-0.2, 0) is 4.79 Å². The van der Waals surface area contributed by atoms with E-state index in [4.69, 9.17) is 5.11 Å². The van der Waals surface area contributed by atoms with E-state index in [0.29, 0.717) is 21.9 Å². The number of carbonyl (C=O) groups excluding carboxylic acids is 1. The molecule has 0 aliphatic carbocycles. The van der Waals surface area contributed by atoms with Gasteiger partial charge in [-0.2, -0.15) is 5.26 Å². The first kappa shape index (κ1) is 21.2. The van der Waals surface area contributed by atoms with Gasteiger partial charge in [0.1, 0.15) is 11.6 Å². The van der Waals surface area contributed by atoms with Gasteiger partial charge >= 0.3 is 0 Å². The summed E-state index contributed by atoms with van der Waals surface area (Å²) in [6.45, 7) is 3.78. The molecule has 0 aliphatic rings. The van der Waals surface area contributed by atoms with Crippen molar-refractivity contribution in [1.82, 2.24) is 0 Å². The summed E-state index contributed by atoms with van der Waals surface area (Å²) in [5, 5.41) is 32.2. The first-order chi connectivity index (χ1) is 13.3. The molecule has 0 atom stereocenters. The third kappa shape index (κ3) is 5.42. The van der Waals surface area contributed by atoms with Crippen LogP contribution < -0.4 is 5.32 Å². The molecule has 0 saturated carbocycles. The number of rotatable bonds is 7. The third-order valence-electron chi connectivity index (χ3n) is 3.97. The molecule has 0 bridgehead atoms. The molecule has 7 nitrogen and oxygen atoms in total. The number of nitrogens with one attached hydrogen (secondary N) is 1. The Morgan fingerprint density at radius 3 is 2.64 bits per heavy atom. The molecule has 2 aromatic rings. The second-order valence-electron chi connectivity index (χ2n) is 5.98. The van der Waals surface area contributed by atoms with Crippen molar-refractivity contribution in [1.29, 1.82) is 5.26 Å². The van der Waals surface area contributed by atoms with E-state index in [2.05, 4.69) is 5.32 Å². The summed E-state index contributed by atoms with van der Waals surface area (Å²) in [5.74, 6) is -0.259. The largest absolute Gasteiger partial charge is 0.396 e. The number of hydrogen-bond donors (Lipinski definition) is 2. The van der Waals surface area contributed by atoms with Crippen molar-refractivity contribution in [3.8, 4) is 6.07 Å². The predicted octanol–water partition coefficient (Wildman–Crippen LogP) is 3.84. The van der Waals surface area contributed by atoms with Gasteiger partial charge in [0, 0.05) is 17.5 Å². The number of nitriles is 1. The molecule has 0 aromatic heterocycles. The Bertz CT molecular complexity index is 980. The van der Waals surface area contributed by atoms with Crippen LogP contribution in [0.4, 0.5) is 11.4 Å². The van der Waals surface area contributed by atoms with E-state index in [1.54, 1.807) is 24.3 Å². The van der Waals surface area contributed by atoms with E-state index < -0.39 is 10.8 Å². The van der Waals surface area contributed by atoms with Gasteiger partial charge in [-0.15, -0.1) is 11.8 Å². The maximum Gasteiger partial charge on any atom is 0.283 e. The van der Waals surface area contributed by atoms with E-state index in [9.17, 15) is 20.2 Å². The number of aryl methyl sites for hydroxylation is 2. The van der Waals surface area contributed by atoms with Gasteiger partial charge in [0.05, 0.1) is 16.4 Å². The molecular weight excluding hydrogens is 378 g/mol. The smallest absolute Gasteiger partial charge is 0.283 e. The van der Waals surface area contributed by atoms with Crippen LogP contribution in [0.15, 0.2) is 46.9 Å². The number of nitro groups is 1. The number of hydrogen-bond acceptors (Lipinski definition) is 6. The zero-order valence-corrected chi connectivity index (χ0v) is 16.2. The van der Waals surface area contributed by atoms with Gasteiger partial charge in [-0.05, 0) is 54.8 Å². The standard InChI is InChI=1S/C20H19N3O4S/c1-13-3-5-17(9-14(13)2)22-20(25)16(12-21)10-15-4-6-19(28-8-7-24)18(11-15)23(26)27/h3-6,9-11,24H,7-8H2,1-2H3,(H,22,25)/b16-10+. The molecule has 0 unspecified atom stereocenters. The molecule has 0 spiro atoms. The average molecular weight is 397 g/mol. The highest BCUT2D eigenvalue weighted by Gasteiger charge is 2.16. The summed E-state index contributed by atoms with van der Waals surface area (Å²) in [4.78, 5) is 23.6. The van der Waals surface area contributed by atoms with Crippen molar-refractivity contribution in [3.05, 3.63) is 68.8 Å². The van der Waals surface area contributed by atoms with E-state index in [1.807, 2.05) is 26.0 Å². The van der Waals surface area contributed by atoms with Crippen molar-refractivity contribution >= 4 is 35.1 Å². The zero-order valence-electron chi connectivity index (χ0n) is 15.4. The first-order valence-electron chi connectivity index (χ1n) is 8.38. The lowest BCUT2D eigenvalue weighted by atomic mass is 10.1. The Morgan fingerprint density at radius 2 is 2.04 bits per heavy atom. The molecule has 0 radical (unpaired) electrons. The van der Waals surface area contributed by atoms with E-state index in [-0.39, 0.29) is 17.9 Å². The summed E-state index contributed by atoms with van der Waals surface area (Å²) in [6.07, 6.45) is 1.31. The zero-order chi connectivity index (χ0) is 20.7. The van der Waals surface area contributed by atoms with Crippen molar-refractivity contribution in [2.24, 2.45) is 0 Å². The minimum absolute atomic E-state index is 0.0965. The third-order valence-corrected chi connectivity index (χ3v) is 5.01. The predicted molar refractivity (Wildman–Crippen MR) is 109 cm³/mol. The van der Waals surface area contributed by atoms with Crippen molar-refractivity contribution in [3.63, 3.8) is 0 Å². The monoisotopic (exact) mass is 397 g/mol. The van der Waals surface area contributed by atoms with Gasteiger partial charge in [0.25, 0.3) is 11.6 Å². The van der Waals surface area contributed by atoms with Gasteiger partial charge < -0.3 is 10.4 Å². The second kappa shape index (κ2) is 9.69. The topological polar surface area (TPSA) is 116 Å². The van der Waals surface area contributed by atoms with Crippen LogP contribution in [-0.4, -0.2) is 28.3 Å². The molecule has 2 aromatic carbocycles. The Kier molecular flexibility index (Phi) is 7.32. The highest BCUT2D eigenvalue weighted by Crippen LogP contribution is 2.30. The molecule has 2 rings (SSSR count). The molecule has 28 heavy (non-hydrogen) atoms. The van der Waals surface area contributed by atoms with Crippen LogP contribution in [0.1, 0.15) is 16.7 Å². The second-order valence-corrected chi connectivity index (χ2v) is 7.12. The number of carbonyl (C=O) groups is 1. The SMILES string of the molecule is Cc1ccc(NC(=O)/C(C#N)=C/c2ccc(SCCO)c([N+](=O)[O-])c2)cc1C. The van der Waals surface area contributed by atoms with Crippen LogP contribution in [0.5, 0.6) is 0 Å². The van der Waals surface area contributed by atoms with Crippen LogP contribution >= 0.6 is 11.8 Å². The number of anilines is 1. The fourth-order valence-electron chi connectivity index (χ4n) is 2.38. The molecule has 8 heteroatoms. The summed E-state index contributed by atoms with van der Waals surface area (Å²) < 4.78 is 0. The number of thioether (sulfide) groups is 1. The Hall–Kier alpha value is -3.15. The van der Waals surface area contributed by atoms with Gasteiger partial charge in [0.15, 0.2) is 0 Å². The highest BCUT2D eigenvalue weighted by atomic mass is 32.2. The highest BCUT2D eigenvalue weighted by molar-refractivity contribution is 7.99. The number of amides is 1. The van der Waals surface area contributed by atoms with E-state index >= 15 is 0 Å². The van der Waals surface area contributed by atoms with Crippen LogP contribution in [0.25, 0.3) is 6.08 Å². The van der Waals surface area contributed by atoms with Crippen molar-refractivity contribution in [2.75, 3.05) is 17.7 Å². The molecule has 2 N–H and O–H groups in total. The Morgan fingerprint density at radius 1 is 1.29 bits per heavy atom. The molecule has 1 amide bonds. The maximum atomic E-state index is 12.4. The lowest BCUT2D eigenvalue weighted by Gasteiger charge is -2.07. The molecule has 144 valence electrons. The van der Waals surface area contributed by atoms with E-state index in [0.717, 1.165) is 22.9 Å². The fraction of sp³-hybridized carbons (Fsp3) is 0.200. The number of benzene rings is 2. The minimum atomic E-state index is -0.591. The van der Waals surface area contributed by atoms with E-state index in [1.165, 1.54) is 12.1 Å². The summed E-state index contributed by atoms with van der Waals surface area (Å²) in [5.41, 5.74) is 2.72. The molecular formula is C20H19N3O4S.